The van der Waals surface area contributed by atoms with Crippen LogP contribution in [-0.2, 0) is 31.9 Å². The monoisotopic (exact) mass is 495 g/mol. The summed E-state index contributed by atoms with van der Waals surface area (Å²) in [6, 6.07) is 9.96. The van der Waals surface area contributed by atoms with Crippen molar-refractivity contribution in [1.82, 2.24) is 9.80 Å². The van der Waals surface area contributed by atoms with Crippen molar-refractivity contribution in [3.05, 3.63) is 58.6 Å². The van der Waals surface area contributed by atoms with Crippen molar-refractivity contribution in [3.63, 3.8) is 0 Å². The van der Waals surface area contributed by atoms with Gasteiger partial charge in [-0.3, -0.25) is 9.69 Å². The van der Waals surface area contributed by atoms with Gasteiger partial charge < -0.3 is 19.1 Å². The number of benzene rings is 2. The van der Waals surface area contributed by atoms with Crippen molar-refractivity contribution in [1.29, 1.82) is 5.39 Å². The topological polar surface area (TPSA) is 114 Å². The molecule has 4 rings (SSSR count). The normalized spacial score (nSPS) is 17.9. The number of fused-ring (bicyclic) bond motifs is 7. The van der Waals surface area contributed by atoms with Crippen LogP contribution in [0.2, 0.25) is 0 Å². The smallest absolute Gasteiger partial charge is 0.426 e. The quantitative estimate of drug-likeness (QED) is 0.451. The van der Waals surface area contributed by atoms with E-state index in [4.69, 9.17) is 14.2 Å². The summed E-state index contributed by atoms with van der Waals surface area (Å²) in [5.41, 5.74) is 0.878. The van der Waals surface area contributed by atoms with Crippen LogP contribution < -0.4 is 4.74 Å². The Morgan fingerprint density at radius 1 is 1.11 bits per heavy atom. The second-order valence-corrected chi connectivity index (χ2v) is 9.65. The molecule has 10 heteroatoms. The Balaban J connectivity index is 2.10. The molecule has 2 amide bonds. The summed E-state index contributed by atoms with van der Waals surface area (Å²) in [7, 11) is 4.25. The molecule has 0 aliphatic carbocycles. The Morgan fingerprint density at radius 2 is 1.75 bits per heavy atom. The Hall–Kier alpha value is -4.13. The third-order valence-electron chi connectivity index (χ3n) is 5.86. The maximum absolute atomic E-state index is 13.8. The van der Waals surface area contributed by atoms with Crippen LogP contribution in [0.25, 0.3) is 4.98 Å². The number of nitrogens with zero attached hydrogens (tertiary/aromatic N) is 4. The summed E-state index contributed by atoms with van der Waals surface area (Å²) in [5, 5.41) is 9.38. The maximum Gasteiger partial charge on any atom is 0.426 e. The number of ether oxygens (including phenoxy) is 3. The number of hydrogen-bond acceptors (Lipinski definition) is 7. The highest BCUT2D eigenvalue weighted by molar-refractivity contribution is 5.90. The second kappa shape index (κ2) is 10.6. The number of amides is 2. The van der Waals surface area contributed by atoms with Crippen LogP contribution in [0.1, 0.15) is 31.9 Å². The van der Waals surface area contributed by atoms with Gasteiger partial charge in [0.25, 0.3) is 0 Å². The molecule has 36 heavy (non-hydrogen) atoms. The average molecular weight is 496 g/mol. The van der Waals surface area contributed by atoms with Gasteiger partial charge in [-0.05, 0) is 50.1 Å². The lowest BCUT2D eigenvalue weighted by molar-refractivity contribution is -0.153. The first-order valence-electron chi connectivity index (χ1n) is 11.5. The molecule has 0 saturated heterocycles. The first-order chi connectivity index (χ1) is 16.9. The van der Waals surface area contributed by atoms with E-state index in [0.717, 1.165) is 5.56 Å². The van der Waals surface area contributed by atoms with Crippen LogP contribution in [0.15, 0.2) is 42.5 Å². The molecule has 0 radical (unpaired) electrons. The molecule has 0 N–H and O–H groups in total. The first kappa shape index (κ1) is 26.5. The van der Waals surface area contributed by atoms with Gasteiger partial charge >= 0.3 is 17.7 Å². The summed E-state index contributed by atoms with van der Waals surface area (Å²) in [6.07, 6.45) is -0.370. The van der Waals surface area contributed by atoms with Crippen LogP contribution in [0.5, 0.6) is 11.5 Å². The molecule has 10 nitrogen and oxygen atoms in total. The standard InChI is InChI=1S/C26H31N4O6/c1-26(2,3)36-25(33)30(5)20-13-16-7-10-18(11-8-16)35-22-15-17(9-12-19(22)28-27)14-21(24(32)34-6)29(4)23(20)31/h7-12,15,20-21H,13-14H2,1-6H3/q+1/t20-,21-/m0/s1. The lowest BCUT2D eigenvalue weighted by Gasteiger charge is -2.35. The molecule has 2 aromatic carbocycles. The van der Waals surface area contributed by atoms with E-state index in [0.29, 0.717) is 17.1 Å². The highest BCUT2D eigenvalue weighted by atomic mass is 16.6. The van der Waals surface area contributed by atoms with E-state index < -0.39 is 35.7 Å². The van der Waals surface area contributed by atoms with Crippen molar-refractivity contribution < 1.29 is 28.6 Å². The van der Waals surface area contributed by atoms with E-state index in [1.807, 2.05) is 0 Å². The van der Waals surface area contributed by atoms with Gasteiger partial charge in [-0.15, -0.1) is 0 Å². The van der Waals surface area contributed by atoms with Crippen LogP contribution in [0, 0.1) is 5.39 Å². The Bertz CT molecular complexity index is 1180. The van der Waals surface area contributed by atoms with Crippen molar-refractivity contribution >= 4 is 23.7 Å². The first-order valence-corrected chi connectivity index (χ1v) is 11.5. The Kier molecular flexibility index (Phi) is 7.83. The molecular formula is C26H31N4O6+. The fourth-order valence-electron chi connectivity index (χ4n) is 3.87. The fraction of sp³-hybridized carbons (Fsp3) is 0.423. The highest BCUT2D eigenvalue weighted by Gasteiger charge is 2.37. The number of diazo groups is 1. The van der Waals surface area contributed by atoms with Crippen LogP contribution in [-0.4, -0.2) is 66.7 Å². The molecular weight excluding hydrogens is 464 g/mol. The van der Waals surface area contributed by atoms with Crippen molar-refractivity contribution in [2.75, 3.05) is 21.2 Å². The van der Waals surface area contributed by atoms with E-state index in [9.17, 15) is 19.8 Å². The van der Waals surface area contributed by atoms with E-state index in [2.05, 4.69) is 4.98 Å². The fourth-order valence-corrected chi connectivity index (χ4v) is 3.87. The zero-order valence-electron chi connectivity index (χ0n) is 21.3. The van der Waals surface area contributed by atoms with Crippen LogP contribution in [0.4, 0.5) is 10.5 Å². The predicted molar refractivity (Wildman–Crippen MR) is 131 cm³/mol. The Labute approximate surface area is 210 Å². The maximum atomic E-state index is 13.8. The molecule has 0 spiro atoms. The molecule has 0 aromatic heterocycles. The van der Waals surface area contributed by atoms with E-state index in [1.165, 1.54) is 31.0 Å². The average Bonchev–Trinajstić information content (AvgIpc) is 2.83. The zero-order chi connectivity index (χ0) is 26.6. The highest BCUT2D eigenvalue weighted by Crippen LogP contribution is 2.34. The van der Waals surface area contributed by atoms with Crippen molar-refractivity contribution in [3.8, 4) is 11.5 Å². The largest absolute Gasteiger partial charge is 0.467 e. The number of likely N-dealkylation sites (N-methyl/N-ethyl adjacent to an activating group) is 2. The van der Waals surface area contributed by atoms with Gasteiger partial charge in [0.05, 0.1) is 7.11 Å². The predicted octanol–water partition coefficient (Wildman–Crippen LogP) is 4.30. The minimum absolute atomic E-state index is 0.109. The number of rotatable bonds is 2. The van der Waals surface area contributed by atoms with Gasteiger partial charge in [0.2, 0.25) is 17.0 Å². The van der Waals surface area contributed by atoms with E-state index >= 15 is 0 Å². The molecule has 2 aromatic rings. The third-order valence-corrected chi connectivity index (χ3v) is 5.86. The Morgan fingerprint density at radius 3 is 2.33 bits per heavy atom. The third kappa shape index (κ3) is 6.10. The van der Waals surface area contributed by atoms with Crippen LogP contribution >= 0.6 is 0 Å². The molecule has 2 aliphatic heterocycles. The van der Waals surface area contributed by atoms with Gasteiger partial charge in [0.1, 0.15) is 23.4 Å². The summed E-state index contributed by atoms with van der Waals surface area (Å²) in [6.45, 7) is 5.24. The van der Waals surface area contributed by atoms with Gasteiger partial charge in [-0.25, -0.2) is 9.59 Å². The van der Waals surface area contributed by atoms with E-state index in [1.54, 1.807) is 63.2 Å². The minimum Gasteiger partial charge on any atom is -0.467 e. The minimum atomic E-state index is -0.981. The SMILES string of the molecule is COC(=O)[C@@H]1Cc2ccc([N+]#N)c(c2)Oc2ccc(cc2)C[C@H](N(C)C(=O)OC(C)(C)C)C(=O)N1C. The zero-order valence-corrected chi connectivity index (χ0v) is 21.3. The number of esters is 1. The summed E-state index contributed by atoms with van der Waals surface area (Å²) in [4.78, 5) is 45.3. The summed E-state index contributed by atoms with van der Waals surface area (Å²) < 4.78 is 16.4. The molecule has 0 unspecified atom stereocenters. The van der Waals surface area contributed by atoms with Gasteiger partial charge in [-0.1, -0.05) is 18.2 Å². The van der Waals surface area contributed by atoms with Gasteiger partial charge in [0, 0.05) is 33.0 Å². The molecule has 2 aliphatic rings. The van der Waals surface area contributed by atoms with Crippen LogP contribution in [0.3, 0.4) is 0 Å². The van der Waals surface area contributed by atoms with E-state index in [-0.39, 0.29) is 18.5 Å². The second-order valence-electron chi connectivity index (χ2n) is 9.65. The molecule has 190 valence electrons. The number of carbonyl (C=O) groups excluding carboxylic acids is 3. The summed E-state index contributed by atoms with van der Waals surface area (Å²) >= 11 is 0. The summed E-state index contributed by atoms with van der Waals surface area (Å²) in [5.74, 6) is -0.278. The molecule has 2 atom stereocenters. The lowest BCUT2D eigenvalue weighted by atomic mass is 10.00. The molecule has 4 bridgehead atoms. The van der Waals surface area contributed by atoms with Gasteiger partial charge in [0.15, 0.2) is 4.98 Å². The van der Waals surface area contributed by atoms with Gasteiger partial charge in [-0.2, -0.15) is 0 Å². The number of carbonyl (C=O) groups is 3. The van der Waals surface area contributed by atoms with Crippen molar-refractivity contribution in [2.45, 2.75) is 51.3 Å². The lowest BCUT2D eigenvalue weighted by Crippen LogP contribution is -2.55. The number of methoxy groups -OCH3 is 1. The van der Waals surface area contributed by atoms with Crippen molar-refractivity contribution in [2.24, 2.45) is 0 Å². The number of hydrogen-bond donors (Lipinski definition) is 0. The molecule has 2 heterocycles. The molecule has 0 saturated carbocycles. The molecule has 0 fully saturated rings.